The Balaban J connectivity index is 1.76. The van der Waals surface area contributed by atoms with E-state index in [0.717, 1.165) is 16.9 Å². The Hall–Kier alpha value is -3.75. The lowest BCUT2D eigenvalue weighted by molar-refractivity contribution is -0.117. The molecule has 0 unspecified atom stereocenters. The third-order valence-electron chi connectivity index (χ3n) is 6.40. The summed E-state index contributed by atoms with van der Waals surface area (Å²) < 4.78 is 24.6. The number of likely N-dealkylation sites (N-methyl/N-ethyl adjacent to an activating group) is 2. The molecule has 0 bridgehead atoms. The van der Waals surface area contributed by atoms with Gasteiger partial charge in [0.1, 0.15) is 0 Å². The molecule has 4 rings (SSSR count). The van der Waals surface area contributed by atoms with Crippen LogP contribution in [0.5, 0.6) is 0 Å². The number of benzene rings is 3. The zero-order valence-electron chi connectivity index (χ0n) is 23.2. The van der Waals surface area contributed by atoms with Gasteiger partial charge in [-0.15, -0.1) is 0 Å². The van der Waals surface area contributed by atoms with Crippen LogP contribution in [0.1, 0.15) is 31.9 Å². The van der Waals surface area contributed by atoms with Crippen molar-refractivity contribution >= 4 is 53.0 Å². The third-order valence-corrected chi connectivity index (χ3v) is 8.51. The first-order chi connectivity index (χ1) is 19.3. The van der Waals surface area contributed by atoms with E-state index in [-0.39, 0.29) is 31.6 Å². The zero-order valence-corrected chi connectivity index (χ0v) is 24.1. The molecule has 40 heavy (non-hydrogen) atoms. The van der Waals surface area contributed by atoms with Crippen LogP contribution in [0.25, 0.3) is 11.3 Å². The molecule has 3 N–H and O–H groups in total. The maximum atomic E-state index is 13.5. The second kappa shape index (κ2) is 13.1. The minimum absolute atomic E-state index is 0.0407. The van der Waals surface area contributed by atoms with Crippen LogP contribution in [0, 0.1) is 0 Å². The molecule has 3 aromatic carbocycles. The highest BCUT2D eigenvalue weighted by Crippen LogP contribution is 2.48. The first kappa shape index (κ1) is 29.2. The van der Waals surface area contributed by atoms with Crippen LogP contribution in [0.15, 0.2) is 72.8 Å². The standard InChI is InChI=1S/C30H35N4O5P/c1-5-31-20-27(35)34(4)23-15-13-22(14-16-23)32-29(21-11-9-8-10-12-21)28-25-19-24(17-18-26(25)33-30(28)36)40(37,38-6-2)39-7-3/h8-19,31-32H,5-7,20H2,1-4H3,(H,33,36). The van der Waals surface area contributed by atoms with Gasteiger partial charge in [0.15, 0.2) is 0 Å². The van der Waals surface area contributed by atoms with Gasteiger partial charge in [-0.1, -0.05) is 37.3 Å². The summed E-state index contributed by atoms with van der Waals surface area (Å²) in [7, 11) is -1.83. The number of carbonyl (C=O) groups is 2. The molecule has 0 saturated carbocycles. The molecule has 210 valence electrons. The van der Waals surface area contributed by atoms with Gasteiger partial charge in [-0.25, -0.2) is 0 Å². The van der Waals surface area contributed by atoms with E-state index in [1.807, 2.05) is 61.5 Å². The molecule has 0 aliphatic carbocycles. The van der Waals surface area contributed by atoms with E-state index < -0.39 is 7.60 Å². The Labute approximate surface area is 235 Å². The first-order valence-electron chi connectivity index (χ1n) is 13.3. The molecule has 1 aliphatic heterocycles. The molecule has 2 amide bonds. The monoisotopic (exact) mass is 562 g/mol. The van der Waals surface area contributed by atoms with E-state index in [9.17, 15) is 14.2 Å². The van der Waals surface area contributed by atoms with Crippen molar-refractivity contribution in [3.8, 4) is 0 Å². The fourth-order valence-electron chi connectivity index (χ4n) is 4.39. The second-order valence-electron chi connectivity index (χ2n) is 9.04. The minimum atomic E-state index is -3.57. The Kier molecular flexibility index (Phi) is 9.55. The molecule has 10 heteroatoms. The summed E-state index contributed by atoms with van der Waals surface area (Å²) in [5.41, 5.74) is 4.47. The Morgan fingerprint density at radius 3 is 2.25 bits per heavy atom. The highest BCUT2D eigenvalue weighted by Gasteiger charge is 2.33. The van der Waals surface area contributed by atoms with Gasteiger partial charge < -0.3 is 29.9 Å². The number of rotatable bonds is 12. The molecule has 9 nitrogen and oxygen atoms in total. The van der Waals surface area contributed by atoms with Gasteiger partial charge in [0.25, 0.3) is 5.91 Å². The van der Waals surface area contributed by atoms with E-state index in [1.165, 1.54) is 0 Å². The van der Waals surface area contributed by atoms with Crippen LogP contribution in [-0.4, -0.2) is 45.2 Å². The van der Waals surface area contributed by atoms with E-state index in [2.05, 4.69) is 16.0 Å². The molecule has 0 saturated heterocycles. The predicted octanol–water partition coefficient (Wildman–Crippen LogP) is 5.08. The third kappa shape index (κ3) is 6.35. The summed E-state index contributed by atoms with van der Waals surface area (Å²) in [6.07, 6.45) is 0. The van der Waals surface area contributed by atoms with Crippen molar-refractivity contribution in [1.29, 1.82) is 0 Å². The summed E-state index contributed by atoms with van der Waals surface area (Å²) in [6.45, 7) is 6.88. The molecule has 1 heterocycles. The summed E-state index contributed by atoms with van der Waals surface area (Å²) in [4.78, 5) is 27.4. The molecule has 0 radical (unpaired) electrons. The number of fused-ring (bicyclic) bond motifs is 1. The van der Waals surface area contributed by atoms with E-state index in [1.54, 1.807) is 44.0 Å². The van der Waals surface area contributed by atoms with Crippen molar-refractivity contribution in [2.24, 2.45) is 0 Å². The molecule has 1 aliphatic rings. The summed E-state index contributed by atoms with van der Waals surface area (Å²) in [5, 5.41) is 9.76. The lowest BCUT2D eigenvalue weighted by atomic mass is 10.00. The van der Waals surface area contributed by atoms with Gasteiger partial charge in [0, 0.05) is 29.7 Å². The quantitative estimate of drug-likeness (QED) is 0.209. The van der Waals surface area contributed by atoms with Gasteiger partial charge in [0.05, 0.1) is 36.3 Å². The van der Waals surface area contributed by atoms with Gasteiger partial charge in [-0.2, -0.15) is 0 Å². The van der Waals surface area contributed by atoms with Gasteiger partial charge in [-0.3, -0.25) is 14.2 Å². The van der Waals surface area contributed by atoms with Crippen LogP contribution in [0.3, 0.4) is 0 Å². The molecule has 3 aromatic rings. The first-order valence-corrected chi connectivity index (χ1v) is 14.8. The van der Waals surface area contributed by atoms with Gasteiger partial charge >= 0.3 is 7.60 Å². The predicted molar refractivity (Wildman–Crippen MR) is 161 cm³/mol. The lowest BCUT2D eigenvalue weighted by Gasteiger charge is -2.19. The maximum Gasteiger partial charge on any atom is 0.361 e. The van der Waals surface area contributed by atoms with E-state index in [0.29, 0.717) is 34.4 Å². The molecular formula is C30H35N4O5P. The Morgan fingerprint density at radius 1 is 0.950 bits per heavy atom. The van der Waals surface area contributed by atoms with E-state index >= 15 is 0 Å². The summed E-state index contributed by atoms with van der Waals surface area (Å²) >= 11 is 0. The van der Waals surface area contributed by atoms with Crippen LogP contribution >= 0.6 is 7.60 Å². The summed E-state index contributed by atoms with van der Waals surface area (Å²) in [5.74, 6) is -0.326. The van der Waals surface area contributed by atoms with Crippen molar-refractivity contribution in [3.05, 3.63) is 83.9 Å². The lowest BCUT2D eigenvalue weighted by Crippen LogP contribution is -2.35. The Bertz CT molecular complexity index is 1430. The molecular weight excluding hydrogens is 527 g/mol. The van der Waals surface area contributed by atoms with Crippen LogP contribution in [-0.2, 0) is 23.2 Å². The molecule has 0 atom stereocenters. The number of hydrogen-bond acceptors (Lipinski definition) is 7. The minimum Gasteiger partial charge on any atom is -0.354 e. The number of amides is 2. The zero-order chi connectivity index (χ0) is 28.7. The maximum absolute atomic E-state index is 13.5. The fraction of sp³-hybridized carbons (Fsp3) is 0.267. The largest absolute Gasteiger partial charge is 0.361 e. The fourth-order valence-corrected chi connectivity index (χ4v) is 5.99. The van der Waals surface area contributed by atoms with Crippen LogP contribution in [0.2, 0.25) is 0 Å². The summed E-state index contributed by atoms with van der Waals surface area (Å²) in [6, 6.07) is 22.0. The molecule has 0 aromatic heterocycles. The smallest absolute Gasteiger partial charge is 0.354 e. The van der Waals surface area contributed by atoms with Crippen molar-refractivity contribution in [2.45, 2.75) is 20.8 Å². The SMILES string of the molecule is CCNCC(=O)N(C)c1ccc(NC(=C2C(=O)Nc3ccc(P(=O)(OCC)OCC)cc32)c2ccccc2)cc1. The van der Waals surface area contributed by atoms with Crippen molar-refractivity contribution in [3.63, 3.8) is 0 Å². The van der Waals surface area contributed by atoms with Crippen molar-refractivity contribution < 1.29 is 23.2 Å². The Morgan fingerprint density at radius 2 is 1.62 bits per heavy atom. The number of nitrogens with zero attached hydrogens (tertiary/aromatic N) is 1. The van der Waals surface area contributed by atoms with Crippen molar-refractivity contribution in [2.75, 3.05) is 48.9 Å². The molecule has 0 spiro atoms. The second-order valence-corrected chi connectivity index (χ2v) is 11.1. The average Bonchev–Trinajstić information content (AvgIpc) is 3.30. The van der Waals surface area contributed by atoms with Crippen LogP contribution < -0.4 is 26.2 Å². The number of anilines is 3. The molecule has 0 fully saturated rings. The number of carbonyl (C=O) groups excluding carboxylic acids is 2. The van der Waals surface area contributed by atoms with Gasteiger partial charge in [-0.05, 0) is 68.4 Å². The van der Waals surface area contributed by atoms with Crippen LogP contribution in [0.4, 0.5) is 17.1 Å². The average molecular weight is 563 g/mol. The highest BCUT2D eigenvalue weighted by molar-refractivity contribution is 7.62. The number of hydrogen-bond donors (Lipinski definition) is 3. The van der Waals surface area contributed by atoms with E-state index in [4.69, 9.17) is 9.05 Å². The number of nitrogens with one attached hydrogen (secondary N) is 3. The highest BCUT2D eigenvalue weighted by atomic mass is 31.2. The normalized spacial score (nSPS) is 13.9. The topological polar surface area (TPSA) is 109 Å². The van der Waals surface area contributed by atoms with Crippen molar-refractivity contribution in [1.82, 2.24) is 5.32 Å². The van der Waals surface area contributed by atoms with Gasteiger partial charge in [0.2, 0.25) is 5.91 Å².